The summed E-state index contributed by atoms with van der Waals surface area (Å²) in [4.78, 5) is 11.5. The monoisotopic (exact) mass is 249 g/mol. The standard InChI is InChI=1S/C11H15N5O2/c1-11(2,3)18-10(17)12-6-8-4-5-9-13-14-15-16(9)7-8/h4-5,7H,6H2,1-3H3,(H,12,17). The van der Waals surface area contributed by atoms with Gasteiger partial charge in [-0.2, -0.15) is 0 Å². The third kappa shape index (κ3) is 3.16. The van der Waals surface area contributed by atoms with Crippen LogP contribution < -0.4 is 5.32 Å². The third-order valence-electron chi connectivity index (χ3n) is 2.09. The van der Waals surface area contributed by atoms with Crippen LogP contribution >= 0.6 is 0 Å². The smallest absolute Gasteiger partial charge is 0.407 e. The quantitative estimate of drug-likeness (QED) is 0.863. The first kappa shape index (κ1) is 12.3. The summed E-state index contributed by atoms with van der Waals surface area (Å²) in [7, 11) is 0. The largest absolute Gasteiger partial charge is 0.444 e. The zero-order valence-electron chi connectivity index (χ0n) is 10.5. The number of nitrogens with zero attached hydrogens (tertiary/aromatic N) is 4. The Morgan fingerprint density at radius 2 is 2.22 bits per heavy atom. The molecule has 0 spiro atoms. The molecule has 0 saturated carbocycles. The number of ether oxygens (including phenoxy) is 1. The van der Waals surface area contributed by atoms with Crippen LogP contribution in [0.2, 0.25) is 0 Å². The molecule has 18 heavy (non-hydrogen) atoms. The van der Waals surface area contributed by atoms with Crippen molar-refractivity contribution in [3.8, 4) is 0 Å². The molecule has 2 aromatic rings. The Morgan fingerprint density at radius 1 is 1.44 bits per heavy atom. The number of fused-ring (bicyclic) bond motifs is 1. The maximum Gasteiger partial charge on any atom is 0.407 e. The number of carbonyl (C=O) groups is 1. The van der Waals surface area contributed by atoms with E-state index in [1.165, 1.54) is 0 Å². The summed E-state index contributed by atoms with van der Waals surface area (Å²) in [5.74, 6) is 0. The van der Waals surface area contributed by atoms with Crippen LogP contribution in [-0.2, 0) is 11.3 Å². The Morgan fingerprint density at radius 3 is 2.94 bits per heavy atom. The fourth-order valence-electron chi connectivity index (χ4n) is 1.38. The molecule has 0 aromatic carbocycles. The van der Waals surface area contributed by atoms with Crippen molar-refractivity contribution in [3.05, 3.63) is 23.9 Å². The first-order valence-corrected chi connectivity index (χ1v) is 5.57. The molecule has 7 heteroatoms. The zero-order valence-corrected chi connectivity index (χ0v) is 10.5. The van der Waals surface area contributed by atoms with Crippen molar-refractivity contribution < 1.29 is 9.53 Å². The predicted octanol–water partition coefficient (Wildman–Crippen LogP) is 1.15. The Hall–Kier alpha value is -2.18. The lowest BCUT2D eigenvalue weighted by Gasteiger charge is -2.19. The van der Waals surface area contributed by atoms with E-state index in [0.717, 1.165) is 5.56 Å². The first-order chi connectivity index (χ1) is 8.44. The van der Waals surface area contributed by atoms with Gasteiger partial charge in [-0.05, 0) is 42.8 Å². The molecule has 7 nitrogen and oxygen atoms in total. The number of tetrazole rings is 1. The van der Waals surface area contributed by atoms with Crippen LogP contribution in [0.1, 0.15) is 26.3 Å². The summed E-state index contributed by atoms with van der Waals surface area (Å²) in [5, 5.41) is 13.8. The van der Waals surface area contributed by atoms with Crippen LogP contribution in [0, 0.1) is 0 Å². The van der Waals surface area contributed by atoms with Gasteiger partial charge in [-0.1, -0.05) is 6.07 Å². The highest BCUT2D eigenvalue weighted by molar-refractivity contribution is 5.67. The van der Waals surface area contributed by atoms with Gasteiger partial charge < -0.3 is 10.1 Å². The van der Waals surface area contributed by atoms with Crippen molar-refractivity contribution in [1.82, 2.24) is 25.4 Å². The van der Waals surface area contributed by atoms with Gasteiger partial charge in [0.1, 0.15) is 5.60 Å². The van der Waals surface area contributed by atoms with Gasteiger partial charge in [0.05, 0.1) is 0 Å². The second kappa shape index (κ2) is 4.59. The molecule has 96 valence electrons. The summed E-state index contributed by atoms with van der Waals surface area (Å²) >= 11 is 0. The summed E-state index contributed by atoms with van der Waals surface area (Å²) in [6.07, 6.45) is 1.31. The van der Waals surface area contributed by atoms with Gasteiger partial charge in [0.15, 0.2) is 5.65 Å². The van der Waals surface area contributed by atoms with Crippen molar-refractivity contribution in [1.29, 1.82) is 0 Å². The van der Waals surface area contributed by atoms with Crippen LogP contribution in [-0.4, -0.2) is 31.7 Å². The van der Waals surface area contributed by atoms with Crippen LogP contribution in [0.3, 0.4) is 0 Å². The van der Waals surface area contributed by atoms with Gasteiger partial charge in [-0.15, -0.1) is 5.10 Å². The summed E-state index contributed by atoms with van der Waals surface area (Å²) in [6.45, 7) is 5.82. The Kier molecular flexibility index (Phi) is 3.14. The van der Waals surface area contributed by atoms with Gasteiger partial charge in [0.25, 0.3) is 0 Å². The van der Waals surface area contributed by atoms with Crippen LogP contribution in [0.15, 0.2) is 18.3 Å². The lowest BCUT2D eigenvalue weighted by molar-refractivity contribution is 0.0523. The molecule has 2 heterocycles. The number of aromatic nitrogens is 4. The number of hydrogen-bond acceptors (Lipinski definition) is 5. The van der Waals surface area contributed by atoms with E-state index in [-0.39, 0.29) is 0 Å². The van der Waals surface area contributed by atoms with Crippen LogP contribution in [0.25, 0.3) is 5.65 Å². The van der Waals surface area contributed by atoms with E-state index in [2.05, 4.69) is 20.8 Å². The molecule has 0 atom stereocenters. The maximum atomic E-state index is 11.5. The molecule has 0 radical (unpaired) electrons. The van der Waals surface area contributed by atoms with Gasteiger partial charge in [-0.3, -0.25) is 0 Å². The molecule has 1 amide bonds. The topological polar surface area (TPSA) is 81.4 Å². The molecular formula is C11H15N5O2. The van der Waals surface area contributed by atoms with E-state index >= 15 is 0 Å². The van der Waals surface area contributed by atoms with Crippen molar-refractivity contribution in [2.45, 2.75) is 32.9 Å². The highest BCUT2D eigenvalue weighted by Gasteiger charge is 2.15. The van der Waals surface area contributed by atoms with E-state index in [1.54, 1.807) is 16.8 Å². The fraction of sp³-hybridized carbons (Fsp3) is 0.455. The van der Waals surface area contributed by atoms with Crippen molar-refractivity contribution in [2.24, 2.45) is 0 Å². The second-order valence-electron chi connectivity index (χ2n) is 4.87. The lowest BCUT2D eigenvalue weighted by atomic mass is 10.2. The average Bonchev–Trinajstić information content (AvgIpc) is 2.71. The number of carbonyl (C=O) groups excluding carboxylic acids is 1. The summed E-state index contributed by atoms with van der Waals surface area (Å²) in [6, 6.07) is 3.63. The van der Waals surface area contributed by atoms with Crippen LogP contribution in [0.4, 0.5) is 4.79 Å². The van der Waals surface area contributed by atoms with Crippen LogP contribution in [0.5, 0.6) is 0 Å². The minimum Gasteiger partial charge on any atom is -0.444 e. The molecule has 0 saturated heterocycles. The van der Waals surface area contributed by atoms with Crippen molar-refractivity contribution in [2.75, 3.05) is 0 Å². The summed E-state index contributed by atoms with van der Waals surface area (Å²) < 4.78 is 6.68. The number of hydrogen-bond donors (Lipinski definition) is 1. The molecule has 0 aliphatic rings. The van der Waals surface area contributed by atoms with Crippen molar-refractivity contribution in [3.63, 3.8) is 0 Å². The normalized spacial score (nSPS) is 11.5. The molecule has 2 rings (SSSR count). The van der Waals surface area contributed by atoms with E-state index < -0.39 is 11.7 Å². The molecule has 0 unspecified atom stereocenters. The predicted molar refractivity (Wildman–Crippen MR) is 63.9 cm³/mol. The number of amides is 1. The average molecular weight is 249 g/mol. The molecule has 0 aliphatic heterocycles. The maximum absolute atomic E-state index is 11.5. The molecular weight excluding hydrogens is 234 g/mol. The lowest BCUT2D eigenvalue weighted by Crippen LogP contribution is -2.32. The highest BCUT2D eigenvalue weighted by Crippen LogP contribution is 2.07. The van der Waals surface area contributed by atoms with Crippen molar-refractivity contribution >= 4 is 11.7 Å². The SMILES string of the molecule is CC(C)(C)OC(=O)NCc1ccc2nnnn2c1. The van der Waals surface area contributed by atoms with Gasteiger partial charge >= 0.3 is 6.09 Å². The van der Waals surface area contributed by atoms with E-state index in [0.29, 0.717) is 12.2 Å². The van der Waals surface area contributed by atoms with Gasteiger partial charge in [0, 0.05) is 12.7 Å². The number of rotatable bonds is 2. The second-order valence-corrected chi connectivity index (χ2v) is 4.87. The van der Waals surface area contributed by atoms with E-state index in [9.17, 15) is 4.79 Å². The zero-order chi connectivity index (χ0) is 13.2. The number of nitrogens with one attached hydrogen (secondary N) is 1. The van der Waals surface area contributed by atoms with Gasteiger partial charge in [0.2, 0.25) is 0 Å². The minimum absolute atomic E-state index is 0.366. The van der Waals surface area contributed by atoms with Gasteiger partial charge in [-0.25, -0.2) is 9.31 Å². The minimum atomic E-state index is -0.496. The molecule has 0 aliphatic carbocycles. The third-order valence-corrected chi connectivity index (χ3v) is 2.09. The first-order valence-electron chi connectivity index (χ1n) is 5.57. The fourth-order valence-corrected chi connectivity index (χ4v) is 1.38. The van der Waals surface area contributed by atoms with E-state index in [4.69, 9.17) is 4.74 Å². The highest BCUT2D eigenvalue weighted by atomic mass is 16.6. The van der Waals surface area contributed by atoms with E-state index in [1.807, 2.05) is 26.8 Å². The molecule has 2 aromatic heterocycles. The number of alkyl carbamates (subject to hydrolysis) is 1. The Balaban J connectivity index is 1.95. The Labute approximate surface area is 104 Å². The Bertz CT molecular complexity index is 558. The summed E-state index contributed by atoms with van der Waals surface area (Å²) in [5.41, 5.74) is 1.06. The molecule has 0 bridgehead atoms. The molecule has 1 N–H and O–H groups in total. The number of pyridine rings is 1. The molecule has 0 fully saturated rings.